The predicted octanol–water partition coefficient (Wildman–Crippen LogP) is -3.36. The normalized spacial score (nSPS) is 21.7. The Balaban J connectivity index is 0.000000548. The predicted molar refractivity (Wildman–Crippen MR) is 48.0 cm³/mol. The molecule has 0 aliphatic carbocycles. The van der Waals surface area contributed by atoms with E-state index in [9.17, 15) is 4.79 Å². The first-order valence-electron chi connectivity index (χ1n) is 4.40. The number of rotatable bonds is 5. The number of carbonyl (C=O) groups is 1. The highest BCUT2D eigenvalue weighted by Crippen LogP contribution is 2.02. The van der Waals surface area contributed by atoms with Crippen LogP contribution in [0, 0.1) is 0 Å². The monoisotopic (exact) mass is 224 g/mol. The van der Waals surface area contributed by atoms with E-state index in [0.29, 0.717) is 0 Å². The van der Waals surface area contributed by atoms with Gasteiger partial charge in [-0.15, -0.1) is 0 Å². The van der Waals surface area contributed by atoms with Crippen molar-refractivity contribution in [3.8, 4) is 0 Å². The summed E-state index contributed by atoms with van der Waals surface area (Å²) in [6.07, 6.45) is -6.84. The van der Waals surface area contributed by atoms with Gasteiger partial charge in [-0.2, -0.15) is 0 Å². The highest BCUT2D eigenvalue weighted by atomic mass is 16.6. The zero-order valence-electron chi connectivity index (χ0n) is 8.06. The number of carbonyl (C=O) groups excluding carboxylic acids is 1. The summed E-state index contributed by atoms with van der Waals surface area (Å²) in [5.74, 6) is 0. The minimum atomic E-state index is -1.79. The number of ether oxygens (including phenoxy) is 1. The number of aliphatic hydroxyl groups is 5. The van der Waals surface area contributed by atoms with Gasteiger partial charge >= 0.3 is 0 Å². The quantitative estimate of drug-likeness (QED) is 0.243. The lowest BCUT2D eigenvalue weighted by Crippen LogP contribution is -2.46. The van der Waals surface area contributed by atoms with Crippen molar-refractivity contribution >= 4 is 6.29 Å². The molecule has 0 radical (unpaired) electrons. The van der Waals surface area contributed by atoms with Crippen molar-refractivity contribution in [3.63, 3.8) is 0 Å². The third-order valence-corrected chi connectivity index (χ3v) is 1.62. The van der Waals surface area contributed by atoms with Gasteiger partial charge in [0.05, 0.1) is 19.8 Å². The summed E-state index contributed by atoms with van der Waals surface area (Å²) in [6.45, 7) is 1.24. The fraction of sp³-hybridized carbons (Fsp3) is 0.875. The summed E-state index contributed by atoms with van der Waals surface area (Å²) in [5, 5.41) is 43.5. The van der Waals surface area contributed by atoms with E-state index in [0.717, 1.165) is 13.2 Å². The average Bonchev–Trinajstić information content (AvgIpc) is 3.12. The minimum absolute atomic E-state index is 0.0258. The van der Waals surface area contributed by atoms with Crippen molar-refractivity contribution < 1.29 is 35.1 Å². The summed E-state index contributed by atoms with van der Waals surface area (Å²) < 4.78 is 4.50. The van der Waals surface area contributed by atoms with Crippen molar-refractivity contribution in [2.45, 2.75) is 24.4 Å². The molecular weight excluding hydrogens is 208 g/mol. The molecule has 1 heterocycles. The Labute approximate surface area is 86.5 Å². The van der Waals surface area contributed by atoms with E-state index >= 15 is 0 Å². The van der Waals surface area contributed by atoms with Crippen molar-refractivity contribution in [1.29, 1.82) is 0 Å². The summed E-state index contributed by atoms with van der Waals surface area (Å²) >= 11 is 0. The molecule has 4 unspecified atom stereocenters. The Kier molecular flexibility index (Phi) is 7.39. The van der Waals surface area contributed by atoms with E-state index in [1.165, 1.54) is 0 Å². The van der Waals surface area contributed by atoms with Crippen LogP contribution in [0.5, 0.6) is 0 Å². The fourth-order valence-electron chi connectivity index (χ4n) is 0.618. The van der Waals surface area contributed by atoms with Crippen LogP contribution in [0.1, 0.15) is 0 Å². The molecule has 0 aromatic heterocycles. The molecule has 1 rings (SSSR count). The molecule has 5 N–H and O–H groups in total. The molecule has 1 fully saturated rings. The average molecular weight is 224 g/mol. The first kappa shape index (κ1) is 14.4. The molecule has 0 aromatic rings. The molecule has 0 spiro atoms. The Morgan fingerprint density at radius 2 is 1.60 bits per heavy atom. The lowest BCUT2D eigenvalue weighted by atomic mass is 10.0. The largest absolute Gasteiger partial charge is 0.394 e. The first-order valence-corrected chi connectivity index (χ1v) is 4.40. The summed E-state index contributed by atoms with van der Waals surface area (Å²) in [6, 6.07) is 0. The van der Waals surface area contributed by atoms with Crippen LogP contribution in [0.3, 0.4) is 0 Å². The van der Waals surface area contributed by atoms with E-state index in [1.807, 2.05) is 0 Å². The zero-order valence-corrected chi connectivity index (χ0v) is 8.06. The highest BCUT2D eigenvalue weighted by molar-refractivity contribution is 5.56. The molecule has 1 saturated heterocycles. The fourth-order valence-corrected chi connectivity index (χ4v) is 0.618. The molecule has 0 bridgehead atoms. The van der Waals surface area contributed by atoms with Gasteiger partial charge in [0.2, 0.25) is 0 Å². The van der Waals surface area contributed by atoms with E-state index < -0.39 is 31.0 Å². The van der Waals surface area contributed by atoms with E-state index in [-0.39, 0.29) is 6.29 Å². The standard InChI is InChI=1S/C6H12O6.C2H4O/c7-1-3(9)5(11)6(12)4(10)2-8;1-2-3-1/h1,3-6,8-12H,2H2;1-2H2. The molecule has 1 aliphatic rings. The van der Waals surface area contributed by atoms with Gasteiger partial charge in [0.25, 0.3) is 0 Å². The van der Waals surface area contributed by atoms with Gasteiger partial charge in [0.1, 0.15) is 24.4 Å². The molecule has 15 heavy (non-hydrogen) atoms. The molecular formula is C8H16O7. The van der Waals surface area contributed by atoms with Gasteiger partial charge in [0, 0.05) is 0 Å². The van der Waals surface area contributed by atoms with Crippen molar-refractivity contribution in [1.82, 2.24) is 0 Å². The smallest absolute Gasteiger partial charge is 0.151 e. The van der Waals surface area contributed by atoms with E-state index in [4.69, 9.17) is 25.5 Å². The second-order valence-corrected chi connectivity index (χ2v) is 2.97. The van der Waals surface area contributed by atoms with Gasteiger partial charge in [-0.1, -0.05) is 0 Å². The molecule has 90 valence electrons. The SMILES string of the molecule is C1CO1.O=CC(O)C(O)C(O)C(O)CO. The molecule has 1 aliphatic heterocycles. The van der Waals surface area contributed by atoms with Crippen LogP contribution in [0.15, 0.2) is 0 Å². The lowest BCUT2D eigenvalue weighted by Gasteiger charge is -2.22. The number of hydrogen-bond donors (Lipinski definition) is 5. The van der Waals surface area contributed by atoms with Crippen LogP contribution < -0.4 is 0 Å². The van der Waals surface area contributed by atoms with E-state index in [1.54, 1.807) is 0 Å². The molecule has 0 amide bonds. The van der Waals surface area contributed by atoms with Crippen LogP contribution in [0.4, 0.5) is 0 Å². The van der Waals surface area contributed by atoms with Crippen LogP contribution in [-0.4, -0.2) is 76.1 Å². The molecule has 7 heteroatoms. The van der Waals surface area contributed by atoms with Gasteiger partial charge in [0.15, 0.2) is 6.29 Å². The van der Waals surface area contributed by atoms with Gasteiger partial charge in [-0.3, -0.25) is 0 Å². The summed E-state index contributed by atoms with van der Waals surface area (Å²) in [7, 11) is 0. The topological polar surface area (TPSA) is 131 Å². The maximum absolute atomic E-state index is 9.90. The maximum atomic E-state index is 9.90. The minimum Gasteiger partial charge on any atom is -0.394 e. The molecule has 0 aromatic carbocycles. The van der Waals surface area contributed by atoms with E-state index in [2.05, 4.69) is 4.74 Å². The summed E-state index contributed by atoms with van der Waals surface area (Å²) in [4.78, 5) is 9.90. The van der Waals surface area contributed by atoms with Crippen LogP contribution in [0.25, 0.3) is 0 Å². The van der Waals surface area contributed by atoms with Gasteiger partial charge in [-0.05, 0) is 0 Å². The lowest BCUT2D eigenvalue weighted by molar-refractivity contribution is -0.136. The Morgan fingerprint density at radius 1 is 1.13 bits per heavy atom. The van der Waals surface area contributed by atoms with Crippen LogP contribution in [-0.2, 0) is 9.53 Å². The zero-order chi connectivity index (χ0) is 11.8. The Morgan fingerprint density at radius 3 is 1.87 bits per heavy atom. The number of aldehydes is 1. The molecule has 7 nitrogen and oxygen atoms in total. The Hall–Kier alpha value is -0.570. The van der Waals surface area contributed by atoms with Gasteiger partial charge in [-0.25, -0.2) is 0 Å². The highest BCUT2D eigenvalue weighted by Gasteiger charge is 2.29. The number of aliphatic hydroxyl groups excluding tert-OH is 5. The van der Waals surface area contributed by atoms with Crippen molar-refractivity contribution in [3.05, 3.63) is 0 Å². The van der Waals surface area contributed by atoms with Crippen LogP contribution in [0.2, 0.25) is 0 Å². The number of hydrogen-bond acceptors (Lipinski definition) is 7. The maximum Gasteiger partial charge on any atom is 0.151 e. The third-order valence-electron chi connectivity index (χ3n) is 1.62. The first-order chi connectivity index (χ1) is 7.04. The summed E-state index contributed by atoms with van der Waals surface area (Å²) in [5.41, 5.74) is 0. The molecule has 4 atom stereocenters. The third kappa shape index (κ3) is 6.50. The number of epoxide rings is 1. The molecule has 0 saturated carbocycles. The Bertz CT molecular complexity index is 170. The van der Waals surface area contributed by atoms with Crippen LogP contribution >= 0.6 is 0 Å². The van der Waals surface area contributed by atoms with Crippen molar-refractivity contribution in [2.75, 3.05) is 19.8 Å². The second kappa shape index (κ2) is 7.69. The van der Waals surface area contributed by atoms with Crippen molar-refractivity contribution in [2.24, 2.45) is 0 Å². The second-order valence-electron chi connectivity index (χ2n) is 2.97. The van der Waals surface area contributed by atoms with Gasteiger partial charge < -0.3 is 35.1 Å².